The summed E-state index contributed by atoms with van der Waals surface area (Å²) in [6.45, 7) is 5.80. The van der Waals surface area contributed by atoms with Crippen LogP contribution in [-0.2, 0) is 11.3 Å². The van der Waals surface area contributed by atoms with Gasteiger partial charge in [-0.25, -0.2) is 0 Å². The highest BCUT2D eigenvalue weighted by Gasteiger charge is 2.20. The lowest BCUT2D eigenvalue weighted by molar-refractivity contribution is 0.0906. The Hall–Kier alpha value is -1.85. The molecule has 1 aromatic carbocycles. The van der Waals surface area contributed by atoms with E-state index in [-0.39, 0.29) is 12.0 Å². The number of rotatable bonds is 6. The number of carbonyl (C=O) groups is 1. The second-order valence-electron chi connectivity index (χ2n) is 6.47. The molecule has 1 amide bonds. The third kappa shape index (κ3) is 4.22. The summed E-state index contributed by atoms with van der Waals surface area (Å²) in [4.78, 5) is 12.6. The van der Waals surface area contributed by atoms with Crippen LogP contribution in [0.2, 0.25) is 5.02 Å². The molecule has 0 bridgehead atoms. The zero-order valence-corrected chi connectivity index (χ0v) is 15.5. The summed E-state index contributed by atoms with van der Waals surface area (Å²) < 4.78 is 7.43. The molecule has 6 heteroatoms. The molecule has 2 heterocycles. The molecule has 25 heavy (non-hydrogen) atoms. The Morgan fingerprint density at radius 1 is 1.40 bits per heavy atom. The van der Waals surface area contributed by atoms with Crippen molar-refractivity contribution in [3.05, 3.63) is 51.8 Å². The van der Waals surface area contributed by atoms with Crippen molar-refractivity contribution < 1.29 is 9.53 Å². The van der Waals surface area contributed by atoms with Crippen molar-refractivity contribution in [2.45, 2.75) is 45.8 Å². The highest BCUT2D eigenvalue weighted by Crippen LogP contribution is 2.20. The Morgan fingerprint density at radius 2 is 2.20 bits per heavy atom. The maximum Gasteiger partial charge on any atom is 0.255 e. The molecule has 1 aliphatic rings. The first kappa shape index (κ1) is 18.0. The number of nitrogens with zero attached hydrogens (tertiary/aromatic N) is 2. The predicted molar refractivity (Wildman–Crippen MR) is 98.2 cm³/mol. The van der Waals surface area contributed by atoms with Crippen LogP contribution >= 0.6 is 11.6 Å². The van der Waals surface area contributed by atoms with Crippen LogP contribution in [0.1, 0.15) is 46.6 Å². The van der Waals surface area contributed by atoms with E-state index in [1.165, 1.54) is 0 Å². The average molecular weight is 362 g/mol. The van der Waals surface area contributed by atoms with E-state index in [9.17, 15) is 4.79 Å². The number of amides is 1. The number of hydrogen-bond donors (Lipinski definition) is 1. The first-order chi connectivity index (χ1) is 12.1. The molecule has 1 aliphatic heterocycles. The summed E-state index contributed by atoms with van der Waals surface area (Å²) in [5.74, 6) is -0.0709. The van der Waals surface area contributed by atoms with Gasteiger partial charge in [-0.3, -0.25) is 9.48 Å². The van der Waals surface area contributed by atoms with Gasteiger partial charge in [0.2, 0.25) is 0 Å². The molecule has 134 valence electrons. The lowest BCUT2D eigenvalue weighted by Crippen LogP contribution is -2.28. The van der Waals surface area contributed by atoms with E-state index in [1.54, 1.807) is 0 Å². The van der Waals surface area contributed by atoms with Crippen molar-refractivity contribution in [1.29, 1.82) is 0 Å². The van der Waals surface area contributed by atoms with Gasteiger partial charge in [-0.1, -0.05) is 29.8 Å². The summed E-state index contributed by atoms with van der Waals surface area (Å²) in [5.41, 5.74) is 3.23. The maximum absolute atomic E-state index is 12.6. The minimum absolute atomic E-state index is 0.0709. The molecule has 5 nitrogen and oxygen atoms in total. The van der Waals surface area contributed by atoms with Crippen LogP contribution in [0.3, 0.4) is 0 Å². The molecule has 0 saturated carbocycles. The number of aromatic nitrogens is 2. The van der Waals surface area contributed by atoms with Crippen LogP contribution < -0.4 is 5.32 Å². The highest BCUT2D eigenvalue weighted by molar-refractivity contribution is 6.31. The number of halogens is 1. The molecular formula is C19H24ClN3O2. The third-order valence-corrected chi connectivity index (χ3v) is 5.03. The molecule has 0 aliphatic carbocycles. The molecule has 1 atom stereocenters. The largest absolute Gasteiger partial charge is 0.378 e. The summed E-state index contributed by atoms with van der Waals surface area (Å²) in [7, 11) is 0. The number of aryl methyl sites for hydroxylation is 1. The monoisotopic (exact) mass is 361 g/mol. The molecular weight excluding hydrogens is 338 g/mol. The van der Waals surface area contributed by atoms with E-state index in [2.05, 4.69) is 10.4 Å². The highest BCUT2D eigenvalue weighted by atomic mass is 35.5. The topological polar surface area (TPSA) is 56.2 Å². The first-order valence-corrected chi connectivity index (χ1v) is 9.11. The maximum atomic E-state index is 12.6. The molecule has 1 fully saturated rings. The van der Waals surface area contributed by atoms with E-state index in [4.69, 9.17) is 16.3 Å². The van der Waals surface area contributed by atoms with Crippen LogP contribution in [0, 0.1) is 13.8 Å². The Labute approximate surface area is 153 Å². The van der Waals surface area contributed by atoms with Gasteiger partial charge in [0.25, 0.3) is 5.91 Å². The lowest BCUT2D eigenvalue weighted by Gasteiger charge is -2.10. The minimum atomic E-state index is -0.0709. The number of hydrogen-bond acceptors (Lipinski definition) is 3. The molecule has 1 unspecified atom stereocenters. The van der Waals surface area contributed by atoms with Gasteiger partial charge in [-0.2, -0.15) is 5.10 Å². The zero-order valence-electron chi connectivity index (χ0n) is 14.7. The molecule has 3 rings (SSSR count). The van der Waals surface area contributed by atoms with Gasteiger partial charge < -0.3 is 10.1 Å². The fourth-order valence-corrected chi connectivity index (χ4v) is 3.47. The van der Waals surface area contributed by atoms with Gasteiger partial charge in [-0.05, 0) is 44.7 Å². The van der Waals surface area contributed by atoms with Gasteiger partial charge in [0, 0.05) is 23.9 Å². The van der Waals surface area contributed by atoms with Crippen molar-refractivity contribution in [3.63, 3.8) is 0 Å². The Kier molecular flexibility index (Phi) is 5.76. The molecule has 0 radical (unpaired) electrons. The fourth-order valence-electron chi connectivity index (χ4n) is 3.27. The van der Waals surface area contributed by atoms with Gasteiger partial charge in [0.1, 0.15) is 0 Å². The molecule has 1 N–H and O–H groups in total. The van der Waals surface area contributed by atoms with Crippen LogP contribution in [-0.4, -0.2) is 34.9 Å². The lowest BCUT2D eigenvalue weighted by atomic mass is 10.1. The molecule has 2 aromatic rings. The normalized spacial score (nSPS) is 17.0. The van der Waals surface area contributed by atoms with E-state index >= 15 is 0 Å². The Bertz CT molecular complexity index is 751. The number of ether oxygens (including phenoxy) is 1. The predicted octanol–water partition coefficient (Wildman–Crippen LogP) is 3.50. The molecule has 1 aromatic heterocycles. The van der Waals surface area contributed by atoms with E-state index in [1.807, 2.05) is 42.8 Å². The standard InChI is InChI=1S/C19H24ClN3O2/c1-13-18(19(24)21-10-9-16-7-5-11-25-16)14(2)23(22-13)12-15-6-3-4-8-17(15)20/h3-4,6,8,16H,5,7,9-12H2,1-2H3,(H,21,24). The zero-order chi connectivity index (χ0) is 17.8. The summed E-state index contributed by atoms with van der Waals surface area (Å²) in [5, 5.41) is 8.23. The number of nitrogens with one attached hydrogen (secondary N) is 1. The third-order valence-electron chi connectivity index (χ3n) is 4.66. The van der Waals surface area contributed by atoms with Crippen molar-refractivity contribution in [1.82, 2.24) is 15.1 Å². The van der Waals surface area contributed by atoms with Crippen LogP contribution in [0.25, 0.3) is 0 Å². The van der Waals surface area contributed by atoms with Crippen LogP contribution in [0.4, 0.5) is 0 Å². The van der Waals surface area contributed by atoms with E-state index in [0.717, 1.165) is 42.8 Å². The van der Waals surface area contributed by atoms with E-state index in [0.29, 0.717) is 23.7 Å². The van der Waals surface area contributed by atoms with Crippen molar-refractivity contribution >= 4 is 17.5 Å². The molecule has 1 saturated heterocycles. The van der Waals surface area contributed by atoms with Gasteiger partial charge in [0.05, 0.1) is 23.9 Å². The van der Waals surface area contributed by atoms with Crippen molar-refractivity contribution in [2.75, 3.05) is 13.2 Å². The first-order valence-electron chi connectivity index (χ1n) is 8.73. The summed E-state index contributed by atoms with van der Waals surface area (Å²) in [6, 6.07) is 7.69. The molecule has 0 spiro atoms. The van der Waals surface area contributed by atoms with Gasteiger partial charge in [0.15, 0.2) is 0 Å². The van der Waals surface area contributed by atoms with Gasteiger partial charge in [-0.15, -0.1) is 0 Å². The smallest absolute Gasteiger partial charge is 0.255 e. The SMILES string of the molecule is Cc1nn(Cc2ccccc2Cl)c(C)c1C(=O)NCCC1CCCO1. The Balaban J connectivity index is 1.66. The van der Waals surface area contributed by atoms with Gasteiger partial charge >= 0.3 is 0 Å². The minimum Gasteiger partial charge on any atom is -0.378 e. The van der Waals surface area contributed by atoms with Crippen molar-refractivity contribution in [3.8, 4) is 0 Å². The van der Waals surface area contributed by atoms with Crippen LogP contribution in [0.15, 0.2) is 24.3 Å². The second kappa shape index (κ2) is 8.02. The summed E-state index contributed by atoms with van der Waals surface area (Å²) in [6.07, 6.45) is 3.35. The Morgan fingerprint density at radius 3 is 2.92 bits per heavy atom. The van der Waals surface area contributed by atoms with Crippen LogP contribution in [0.5, 0.6) is 0 Å². The van der Waals surface area contributed by atoms with E-state index < -0.39 is 0 Å². The average Bonchev–Trinajstić information content (AvgIpc) is 3.18. The summed E-state index contributed by atoms with van der Waals surface area (Å²) >= 11 is 6.23. The second-order valence-corrected chi connectivity index (χ2v) is 6.88. The fraction of sp³-hybridized carbons (Fsp3) is 0.474. The van der Waals surface area contributed by atoms with Crippen molar-refractivity contribution in [2.24, 2.45) is 0 Å². The number of benzene rings is 1. The number of carbonyl (C=O) groups excluding carboxylic acids is 1. The quantitative estimate of drug-likeness (QED) is 0.856.